The van der Waals surface area contributed by atoms with Crippen molar-refractivity contribution in [2.75, 3.05) is 14.2 Å². The smallest absolute Gasteiger partial charge is 0.163 e. The number of fused-ring (bicyclic) bond motifs is 1. The molecular formula is C16H23IO3. The van der Waals surface area contributed by atoms with Crippen molar-refractivity contribution in [1.82, 2.24) is 0 Å². The van der Waals surface area contributed by atoms with Gasteiger partial charge < -0.3 is 14.6 Å². The third-order valence-electron chi connectivity index (χ3n) is 4.89. The Morgan fingerprint density at radius 1 is 1.50 bits per heavy atom. The van der Waals surface area contributed by atoms with Crippen molar-refractivity contribution in [1.29, 1.82) is 0 Å². The van der Waals surface area contributed by atoms with Gasteiger partial charge in [0.15, 0.2) is 6.29 Å². The molecule has 3 nitrogen and oxygen atoms in total. The van der Waals surface area contributed by atoms with Crippen molar-refractivity contribution in [3.8, 4) is 0 Å². The zero-order valence-corrected chi connectivity index (χ0v) is 14.7. The highest BCUT2D eigenvalue weighted by Crippen LogP contribution is 2.59. The molecule has 0 unspecified atom stereocenters. The predicted molar refractivity (Wildman–Crippen MR) is 88.5 cm³/mol. The van der Waals surface area contributed by atoms with Gasteiger partial charge >= 0.3 is 0 Å². The first-order valence-electron chi connectivity index (χ1n) is 6.80. The topological polar surface area (TPSA) is 38.7 Å². The van der Waals surface area contributed by atoms with E-state index in [1.165, 1.54) is 3.58 Å². The van der Waals surface area contributed by atoms with Crippen LogP contribution in [0.5, 0.6) is 0 Å². The van der Waals surface area contributed by atoms with E-state index in [1.807, 2.05) is 6.92 Å². The van der Waals surface area contributed by atoms with E-state index in [-0.39, 0.29) is 17.3 Å². The van der Waals surface area contributed by atoms with Gasteiger partial charge in [-0.3, -0.25) is 0 Å². The van der Waals surface area contributed by atoms with E-state index in [2.05, 4.69) is 54.3 Å². The molecule has 0 bridgehead atoms. The number of hydrogen-bond donors (Lipinski definition) is 1. The van der Waals surface area contributed by atoms with Gasteiger partial charge in [0.05, 0.1) is 11.5 Å². The highest BCUT2D eigenvalue weighted by molar-refractivity contribution is 14.1. The van der Waals surface area contributed by atoms with Gasteiger partial charge in [-0.1, -0.05) is 30.4 Å². The van der Waals surface area contributed by atoms with E-state index in [0.29, 0.717) is 6.42 Å². The van der Waals surface area contributed by atoms with Crippen LogP contribution in [0.15, 0.2) is 34.0 Å². The Morgan fingerprint density at radius 2 is 2.10 bits per heavy atom. The van der Waals surface area contributed by atoms with Crippen LogP contribution in [0.25, 0.3) is 0 Å². The van der Waals surface area contributed by atoms with E-state index in [1.54, 1.807) is 14.2 Å². The van der Waals surface area contributed by atoms with Gasteiger partial charge in [-0.15, -0.1) is 0 Å². The number of methoxy groups -OCH3 is 2. The molecule has 0 aliphatic heterocycles. The average Bonchev–Trinajstić information content (AvgIpc) is 2.64. The molecule has 0 fully saturated rings. The molecule has 0 heterocycles. The van der Waals surface area contributed by atoms with Crippen molar-refractivity contribution in [3.05, 3.63) is 34.0 Å². The Balaban J connectivity index is 2.54. The van der Waals surface area contributed by atoms with Crippen molar-refractivity contribution in [3.63, 3.8) is 0 Å². The van der Waals surface area contributed by atoms with E-state index in [4.69, 9.17) is 9.47 Å². The summed E-state index contributed by atoms with van der Waals surface area (Å²) in [6, 6.07) is 0. The van der Waals surface area contributed by atoms with E-state index in [0.717, 1.165) is 5.57 Å². The Labute approximate surface area is 134 Å². The SMILES string of the molecule is C=C(C)[C@@H]1C=C[C@@]2(C)C(I)=CC[C@@]2(O)[C@H]1C(OC)OC. The summed E-state index contributed by atoms with van der Waals surface area (Å²) in [6.45, 7) is 8.15. The van der Waals surface area contributed by atoms with Crippen molar-refractivity contribution in [2.45, 2.75) is 32.2 Å². The van der Waals surface area contributed by atoms with E-state index >= 15 is 0 Å². The first-order valence-corrected chi connectivity index (χ1v) is 7.88. The lowest BCUT2D eigenvalue weighted by atomic mass is 9.59. The van der Waals surface area contributed by atoms with Gasteiger partial charge in [0, 0.05) is 25.6 Å². The van der Waals surface area contributed by atoms with Crippen LogP contribution in [0.1, 0.15) is 20.3 Å². The summed E-state index contributed by atoms with van der Waals surface area (Å²) in [4.78, 5) is 0. The summed E-state index contributed by atoms with van der Waals surface area (Å²) < 4.78 is 12.2. The molecule has 20 heavy (non-hydrogen) atoms. The Morgan fingerprint density at radius 3 is 2.60 bits per heavy atom. The van der Waals surface area contributed by atoms with E-state index < -0.39 is 11.9 Å². The Kier molecular flexibility index (Phi) is 4.50. The number of aliphatic hydroxyl groups is 1. The largest absolute Gasteiger partial charge is 0.388 e. The Bertz CT molecular complexity index is 466. The molecule has 0 aromatic rings. The third kappa shape index (κ3) is 2.12. The number of hydrogen-bond acceptors (Lipinski definition) is 3. The molecular weight excluding hydrogens is 367 g/mol. The van der Waals surface area contributed by atoms with Crippen LogP contribution in [0.2, 0.25) is 0 Å². The summed E-state index contributed by atoms with van der Waals surface area (Å²) in [7, 11) is 3.24. The van der Waals surface area contributed by atoms with Crippen molar-refractivity contribution >= 4 is 22.6 Å². The fourth-order valence-electron chi connectivity index (χ4n) is 3.55. The van der Waals surface area contributed by atoms with Crippen LogP contribution in [0, 0.1) is 17.3 Å². The van der Waals surface area contributed by atoms with Gasteiger partial charge in [0.25, 0.3) is 0 Å². The highest BCUT2D eigenvalue weighted by Gasteiger charge is 2.60. The number of rotatable bonds is 4. The first kappa shape index (κ1) is 16.2. The van der Waals surface area contributed by atoms with Crippen LogP contribution >= 0.6 is 22.6 Å². The normalized spacial score (nSPS) is 39.9. The van der Waals surface area contributed by atoms with E-state index in [9.17, 15) is 5.11 Å². The molecule has 0 radical (unpaired) electrons. The molecule has 4 heteroatoms. The summed E-state index contributed by atoms with van der Waals surface area (Å²) >= 11 is 2.32. The summed E-state index contributed by atoms with van der Waals surface area (Å²) in [5, 5.41) is 11.4. The maximum absolute atomic E-state index is 11.4. The average molecular weight is 390 g/mol. The minimum Gasteiger partial charge on any atom is -0.388 e. The fourth-order valence-corrected chi connectivity index (χ4v) is 4.42. The Hall–Kier alpha value is -0.170. The molecule has 0 saturated carbocycles. The van der Waals surface area contributed by atoms with Gasteiger partial charge in [-0.2, -0.15) is 0 Å². The monoisotopic (exact) mass is 390 g/mol. The third-order valence-corrected chi connectivity index (χ3v) is 6.45. The van der Waals surface area contributed by atoms with Crippen LogP contribution in [-0.4, -0.2) is 31.2 Å². The maximum Gasteiger partial charge on any atom is 0.163 e. The van der Waals surface area contributed by atoms with Gasteiger partial charge in [-0.05, 0) is 46.4 Å². The lowest BCUT2D eigenvalue weighted by Gasteiger charge is -2.51. The molecule has 2 rings (SSSR count). The second kappa shape index (κ2) is 5.55. The second-order valence-corrected chi connectivity index (χ2v) is 7.14. The van der Waals surface area contributed by atoms with Crippen molar-refractivity contribution in [2.24, 2.45) is 17.3 Å². The first-order chi connectivity index (χ1) is 9.31. The van der Waals surface area contributed by atoms with Crippen LogP contribution in [-0.2, 0) is 9.47 Å². The molecule has 0 saturated heterocycles. The highest BCUT2D eigenvalue weighted by atomic mass is 127. The lowest BCUT2D eigenvalue weighted by Crippen LogP contribution is -2.58. The van der Waals surface area contributed by atoms with Crippen LogP contribution < -0.4 is 0 Å². The standard InChI is InChI=1S/C16H23IO3/c1-10(2)11-6-8-15(3)12(17)7-9-16(15,18)13(11)14(19-4)20-5/h6-8,11,13-14,18H,1,9H2,2-5H3/t11-,13+,15-,16+/m0/s1. The molecule has 4 atom stereocenters. The van der Waals surface area contributed by atoms with Gasteiger partial charge in [0.1, 0.15) is 0 Å². The molecule has 0 amide bonds. The molecule has 1 N–H and O–H groups in total. The molecule has 2 aliphatic rings. The number of halogens is 1. The van der Waals surface area contributed by atoms with Crippen LogP contribution in [0.3, 0.4) is 0 Å². The number of allylic oxidation sites excluding steroid dienone is 2. The fraction of sp³-hybridized carbons (Fsp3) is 0.625. The summed E-state index contributed by atoms with van der Waals surface area (Å²) in [6.07, 6.45) is 6.53. The number of ether oxygens (including phenoxy) is 2. The molecule has 0 spiro atoms. The summed E-state index contributed by atoms with van der Waals surface area (Å²) in [5.74, 6) is -0.123. The second-order valence-electron chi connectivity index (χ2n) is 5.98. The van der Waals surface area contributed by atoms with Gasteiger partial charge in [-0.25, -0.2) is 0 Å². The quantitative estimate of drug-likeness (QED) is 0.454. The maximum atomic E-state index is 11.4. The molecule has 0 aromatic heterocycles. The van der Waals surface area contributed by atoms with Crippen LogP contribution in [0.4, 0.5) is 0 Å². The van der Waals surface area contributed by atoms with Gasteiger partial charge in [0.2, 0.25) is 0 Å². The van der Waals surface area contributed by atoms with Crippen molar-refractivity contribution < 1.29 is 14.6 Å². The zero-order chi connectivity index (χ0) is 15.1. The summed E-state index contributed by atoms with van der Waals surface area (Å²) in [5.41, 5.74) is -0.263. The minimum absolute atomic E-state index is 0.0497. The molecule has 2 aliphatic carbocycles. The predicted octanol–water partition coefficient (Wildman–Crippen LogP) is 3.44. The zero-order valence-electron chi connectivity index (χ0n) is 12.5. The lowest BCUT2D eigenvalue weighted by molar-refractivity contribution is -0.214. The molecule has 0 aromatic carbocycles. The minimum atomic E-state index is -0.904. The molecule has 112 valence electrons.